The summed E-state index contributed by atoms with van der Waals surface area (Å²) >= 11 is 0. The average Bonchev–Trinajstić information content (AvgIpc) is 2.45. The number of nitrogens with two attached hydrogens (primary N) is 1. The molecule has 4 nitrogen and oxygen atoms in total. The molecule has 0 saturated carbocycles. The first-order chi connectivity index (χ1) is 9.45. The van der Waals surface area contributed by atoms with E-state index in [1.807, 2.05) is 19.1 Å². The molecule has 0 aliphatic heterocycles. The monoisotopic (exact) mass is 298 g/mol. The minimum Gasteiger partial charge on any atom is -0.330 e. The molecule has 0 spiro atoms. The second-order valence-electron chi connectivity index (χ2n) is 5.15. The Balaban J connectivity index is 2.95. The third kappa shape index (κ3) is 4.30. The van der Waals surface area contributed by atoms with Crippen LogP contribution in [0.25, 0.3) is 0 Å². The summed E-state index contributed by atoms with van der Waals surface area (Å²) < 4.78 is 26.7. The highest BCUT2D eigenvalue weighted by Gasteiger charge is 2.23. The van der Waals surface area contributed by atoms with Crippen LogP contribution in [0.4, 0.5) is 0 Å². The van der Waals surface area contributed by atoms with Crippen LogP contribution in [-0.4, -0.2) is 32.4 Å². The lowest BCUT2D eigenvalue weighted by Crippen LogP contribution is -2.34. The van der Waals surface area contributed by atoms with Gasteiger partial charge in [-0.05, 0) is 36.6 Å². The smallest absolute Gasteiger partial charge is 0.243 e. The number of hydrogen-bond donors (Lipinski definition) is 1. The van der Waals surface area contributed by atoms with E-state index in [9.17, 15) is 8.42 Å². The molecule has 20 heavy (non-hydrogen) atoms. The third-order valence-electron chi connectivity index (χ3n) is 3.56. The average molecular weight is 298 g/mol. The van der Waals surface area contributed by atoms with Gasteiger partial charge in [0.05, 0.1) is 4.90 Å². The maximum atomic E-state index is 12.6. The van der Waals surface area contributed by atoms with Crippen LogP contribution in [0.1, 0.15) is 32.8 Å². The van der Waals surface area contributed by atoms with E-state index >= 15 is 0 Å². The summed E-state index contributed by atoms with van der Waals surface area (Å²) in [5, 5.41) is 0. The van der Waals surface area contributed by atoms with Crippen molar-refractivity contribution in [2.75, 3.05) is 19.6 Å². The molecule has 5 heteroatoms. The first-order valence-corrected chi connectivity index (χ1v) is 8.68. The molecule has 1 aromatic carbocycles. The molecule has 0 radical (unpaired) electrons. The fourth-order valence-corrected chi connectivity index (χ4v) is 3.59. The third-order valence-corrected chi connectivity index (χ3v) is 5.51. The lowest BCUT2D eigenvalue weighted by Gasteiger charge is -2.23. The second kappa shape index (κ2) is 7.76. The van der Waals surface area contributed by atoms with Crippen molar-refractivity contribution >= 4 is 10.0 Å². The van der Waals surface area contributed by atoms with Gasteiger partial charge in [0.2, 0.25) is 10.0 Å². The van der Waals surface area contributed by atoms with Gasteiger partial charge in [0.1, 0.15) is 0 Å². The van der Waals surface area contributed by atoms with Crippen molar-refractivity contribution in [2.24, 2.45) is 11.7 Å². The molecule has 1 rings (SSSR count). The van der Waals surface area contributed by atoms with E-state index in [-0.39, 0.29) is 0 Å². The molecule has 0 bridgehead atoms. The molecule has 0 aliphatic rings. The first kappa shape index (κ1) is 17.1. The van der Waals surface area contributed by atoms with E-state index in [0.717, 1.165) is 18.4 Å². The van der Waals surface area contributed by atoms with E-state index in [1.54, 1.807) is 16.4 Å². The van der Waals surface area contributed by atoms with Gasteiger partial charge in [-0.15, -0.1) is 0 Å². The molecule has 0 fully saturated rings. The summed E-state index contributed by atoms with van der Waals surface area (Å²) in [6.45, 7) is 7.66. The van der Waals surface area contributed by atoms with Crippen LogP contribution < -0.4 is 5.73 Å². The van der Waals surface area contributed by atoms with E-state index in [1.165, 1.54) is 0 Å². The lowest BCUT2D eigenvalue weighted by molar-refractivity contribution is 0.361. The largest absolute Gasteiger partial charge is 0.330 e. The summed E-state index contributed by atoms with van der Waals surface area (Å²) in [7, 11) is -3.39. The molecule has 0 saturated heterocycles. The van der Waals surface area contributed by atoms with Gasteiger partial charge in [-0.1, -0.05) is 39.3 Å². The van der Waals surface area contributed by atoms with Gasteiger partial charge in [0.15, 0.2) is 0 Å². The van der Waals surface area contributed by atoms with E-state index in [2.05, 4.69) is 13.8 Å². The maximum absolute atomic E-state index is 12.6. The van der Waals surface area contributed by atoms with Gasteiger partial charge in [-0.25, -0.2) is 8.42 Å². The first-order valence-electron chi connectivity index (χ1n) is 7.24. The zero-order valence-electron chi connectivity index (χ0n) is 12.7. The predicted molar refractivity (Wildman–Crippen MR) is 83.1 cm³/mol. The highest BCUT2D eigenvalue weighted by Crippen LogP contribution is 2.18. The van der Waals surface area contributed by atoms with Gasteiger partial charge in [-0.2, -0.15) is 4.31 Å². The number of hydrogen-bond acceptors (Lipinski definition) is 3. The van der Waals surface area contributed by atoms with E-state index < -0.39 is 10.0 Å². The van der Waals surface area contributed by atoms with Gasteiger partial charge in [0.25, 0.3) is 0 Å². The molecule has 114 valence electrons. The minimum atomic E-state index is -3.39. The van der Waals surface area contributed by atoms with Crippen molar-refractivity contribution in [3.8, 4) is 0 Å². The van der Waals surface area contributed by atoms with Crippen LogP contribution in [-0.2, 0) is 16.4 Å². The van der Waals surface area contributed by atoms with Gasteiger partial charge >= 0.3 is 0 Å². The van der Waals surface area contributed by atoms with E-state index in [4.69, 9.17) is 5.73 Å². The zero-order chi connectivity index (χ0) is 15.2. The highest BCUT2D eigenvalue weighted by molar-refractivity contribution is 7.89. The van der Waals surface area contributed by atoms with Crippen LogP contribution in [0, 0.1) is 5.92 Å². The molecule has 1 atom stereocenters. The standard InChI is InChI=1S/C15H26N2O2S/c1-4-13(3)12-17(5-2)20(18,19)15-8-6-14(7-9-15)10-11-16/h6-9,13H,4-5,10-12,16H2,1-3H3. The second-order valence-corrected chi connectivity index (χ2v) is 7.09. The Kier molecular flexibility index (Phi) is 6.65. The molecule has 0 aromatic heterocycles. The fourth-order valence-electron chi connectivity index (χ4n) is 2.02. The van der Waals surface area contributed by atoms with Crippen molar-refractivity contribution in [1.29, 1.82) is 0 Å². The molecule has 1 unspecified atom stereocenters. The predicted octanol–water partition coefficient (Wildman–Crippen LogP) is 2.24. The molecular formula is C15H26N2O2S. The van der Waals surface area contributed by atoms with Crippen molar-refractivity contribution in [3.63, 3.8) is 0 Å². The zero-order valence-corrected chi connectivity index (χ0v) is 13.5. The van der Waals surface area contributed by atoms with Crippen LogP contribution >= 0.6 is 0 Å². The number of sulfonamides is 1. The van der Waals surface area contributed by atoms with Crippen LogP contribution in [0.3, 0.4) is 0 Å². The number of nitrogens with zero attached hydrogens (tertiary/aromatic N) is 1. The fraction of sp³-hybridized carbons (Fsp3) is 0.600. The summed E-state index contributed by atoms with van der Waals surface area (Å²) in [5.74, 6) is 0.362. The number of benzene rings is 1. The Morgan fingerprint density at radius 3 is 2.25 bits per heavy atom. The molecule has 0 aliphatic carbocycles. The highest BCUT2D eigenvalue weighted by atomic mass is 32.2. The normalized spacial score (nSPS) is 13.7. The van der Waals surface area contributed by atoms with Crippen molar-refractivity contribution in [3.05, 3.63) is 29.8 Å². The van der Waals surface area contributed by atoms with Gasteiger partial charge in [0, 0.05) is 13.1 Å². The molecule has 1 aromatic rings. The Morgan fingerprint density at radius 1 is 1.20 bits per heavy atom. The molecular weight excluding hydrogens is 272 g/mol. The summed E-state index contributed by atoms with van der Waals surface area (Å²) in [6.07, 6.45) is 1.74. The Hall–Kier alpha value is -0.910. The summed E-state index contributed by atoms with van der Waals surface area (Å²) in [4.78, 5) is 0.364. The molecule has 0 amide bonds. The SMILES string of the molecule is CCC(C)CN(CC)S(=O)(=O)c1ccc(CCN)cc1. The summed E-state index contributed by atoms with van der Waals surface area (Å²) in [5.41, 5.74) is 6.56. The van der Waals surface area contributed by atoms with Crippen molar-refractivity contribution in [1.82, 2.24) is 4.31 Å². The Bertz CT molecular complexity index is 497. The minimum absolute atomic E-state index is 0.362. The molecule has 0 heterocycles. The van der Waals surface area contributed by atoms with Gasteiger partial charge < -0.3 is 5.73 Å². The number of rotatable bonds is 8. The van der Waals surface area contributed by atoms with Crippen LogP contribution in [0.2, 0.25) is 0 Å². The van der Waals surface area contributed by atoms with E-state index in [0.29, 0.717) is 30.4 Å². The topological polar surface area (TPSA) is 63.4 Å². The van der Waals surface area contributed by atoms with Crippen LogP contribution in [0.15, 0.2) is 29.2 Å². The molecule has 2 N–H and O–H groups in total. The van der Waals surface area contributed by atoms with Crippen LogP contribution in [0.5, 0.6) is 0 Å². The maximum Gasteiger partial charge on any atom is 0.243 e. The van der Waals surface area contributed by atoms with Gasteiger partial charge in [-0.3, -0.25) is 0 Å². The quantitative estimate of drug-likeness (QED) is 0.800. The Labute approximate surface area is 123 Å². The Morgan fingerprint density at radius 2 is 1.80 bits per heavy atom. The summed E-state index contributed by atoms with van der Waals surface area (Å²) in [6, 6.07) is 7.05. The van der Waals surface area contributed by atoms with Crippen molar-refractivity contribution in [2.45, 2.75) is 38.5 Å². The lowest BCUT2D eigenvalue weighted by atomic mass is 10.1. The van der Waals surface area contributed by atoms with Crippen molar-refractivity contribution < 1.29 is 8.42 Å².